The van der Waals surface area contributed by atoms with Gasteiger partial charge in [-0.05, 0) is 38.0 Å². The second-order valence-corrected chi connectivity index (χ2v) is 8.12. The van der Waals surface area contributed by atoms with Gasteiger partial charge in [0.15, 0.2) is 10.6 Å². The van der Waals surface area contributed by atoms with E-state index in [4.69, 9.17) is 26.8 Å². The number of hydrogen-bond acceptors (Lipinski definition) is 5. The zero-order chi connectivity index (χ0) is 21.3. The van der Waals surface area contributed by atoms with E-state index in [1.165, 1.54) is 11.1 Å². The molecule has 158 valence electrons. The Morgan fingerprint density at radius 1 is 1.10 bits per heavy atom. The molecule has 2 heterocycles. The first-order valence-corrected chi connectivity index (χ1v) is 10.6. The van der Waals surface area contributed by atoms with Crippen LogP contribution in [0.2, 0.25) is 0 Å². The summed E-state index contributed by atoms with van der Waals surface area (Å²) >= 11 is 5.71. The molecule has 3 aromatic rings. The van der Waals surface area contributed by atoms with E-state index in [2.05, 4.69) is 42.2 Å². The van der Waals surface area contributed by atoms with Crippen LogP contribution in [0.5, 0.6) is 11.5 Å². The Kier molecular flexibility index (Phi) is 5.92. The van der Waals surface area contributed by atoms with Crippen LogP contribution in [0.15, 0.2) is 42.5 Å². The van der Waals surface area contributed by atoms with Gasteiger partial charge in [-0.25, -0.2) is 4.68 Å². The van der Waals surface area contributed by atoms with E-state index >= 15 is 0 Å². The van der Waals surface area contributed by atoms with Crippen LogP contribution in [0.25, 0.3) is 11.4 Å². The molecule has 0 N–H and O–H groups in total. The number of rotatable bonds is 6. The normalized spacial score (nSPS) is 16.7. The maximum atomic E-state index is 5.71. The highest BCUT2D eigenvalue weighted by atomic mass is 32.1. The van der Waals surface area contributed by atoms with Crippen molar-refractivity contribution in [3.63, 3.8) is 0 Å². The van der Waals surface area contributed by atoms with E-state index in [1.807, 2.05) is 28.4 Å². The summed E-state index contributed by atoms with van der Waals surface area (Å²) in [5.41, 5.74) is 3.48. The van der Waals surface area contributed by atoms with Crippen LogP contribution in [0, 0.1) is 11.7 Å². The Morgan fingerprint density at radius 3 is 2.57 bits per heavy atom. The molecular formula is C23H28N4O2S. The quantitative estimate of drug-likeness (QED) is 0.535. The molecule has 1 aliphatic rings. The Hall–Kier alpha value is -2.64. The zero-order valence-electron chi connectivity index (χ0n) is 18.0. The van der Waals surface area contributed by atoms with Crippen LogP contribution in [-0.2, 0) is 13.7 Å². The second-order valence-electron chi connectivity index (χ2n) is 7.75. The Morgan fingerprint density at radius 2 is 1.87 bits per heavy atom. The van der Waals surface area contributed by atoms with Gasteiger partial charge >= 0.3 is 0 Å². The third-order valence-electron chi connectivity index (χ3n) is 5.83. The van der Waals surface area contributed by atoms with Gasteiger partial charge in [0.25, 0.3) is 0 Å². The van der Waals surface area contributed by atoms with Crippen molar-refractivity contribution in [3.05, 3.63) is 58.4 Å². The van der Waals surface area contributed by atoms with Crippen molar-refractivity contribution in [2.75, 3.05) is 20.8 Å². The molecule has 1 fully saturated rings. The van der Waals surface area contributed by atoms with Gasteiger partial charge in [0.2, 0.25) is 0 Å². The highest BCUT2D eigenvalue weighted by molar-refractivity contribution is 7.71. The molecule has 1 aliphatic heterocycles. The lowest BCUT2D eigenvalue weighted by Crippen LogP contribution is -2.27. The summed E-state index contributed by atoms with van der Waals surface area (Å²) in [4.78, 5) is 2.42. The predicted molar refractivity (Wildman–Crippen MR) is 120 cm³/mol. The van der Waals surface area contributed by atoms with Crippen LogP contribution in [0.3, 0.4) is 0 Å². The monoisotopic (exact) mass is 424 g/mol. The smallest absolute Gasteiger partial charge is 0.199 e. The summed E-state index contributed by atoms with van der Waals surface area (Å²) in [6.07, 6.45) is 2.21. The number of likely N-dealkylation sites (tertiary alicyclic amines) is 1. The molecule has 6 nitrogen and oxygen atoms in total. The summed E-state index contributed by atoms with van der Waals surface area (Å²) < 4.78 is 15.6. The van der Waals surface area contributed by atoms with E-state index < -0.39 is 0 Å². The fourth-order valence-electron chi connectivity index (χ4n) is 4.15. The lowest BCUT2D eigenvalue weighted by atomic mass is 10.0. The van der Waals surface area contributed by atoms with E-state index in [1.54, 1.807) is 14.2 Å². The standard InChI is InChI=1S/C23H28N4O2S/c1-16-7-9-17(10-8-16)22-24-27(23(30)25(22)2)15-26-13-5-6-20(26)19-12-11-18(28-3)14-21(19)29-4/h7-12,14,20H,5-6,13,15H2,1-4H3/t20-/m1/s1. The number of aryl methyl sites for hydroxylation is 1. The van der Waals surface area contributed by atoms with Crippen LogP contribution in [0.1, 0.15) is 30.0 Å². The van der Waals surface area contributed by atoms with Gasteiger partial charge in [-0.2, -0.15) is 5.10 Å². The molecule has 0 spiro atoms. The first-order valence-electron chi connectivity index (χ1n) is 10.2. The Balaban J connectivity index is 1.62. The molecular weight excluding hydrogens is 396 g/mol. The van der Waals surface area contributed by atoms with E-state index in [0.29, 0.717) is 6.67 Å². The minimum absolute atomic E-state index is 0.262. The minimum Gasteiger partial charge on any atom is -0.497 e. The first kappa shape index (κ1) is 20.6. The van der Waals surface area contributed by atoms with Crippen molar-refractivity contribution in [1.29, 1.82) is 0 Å². The summed E-state index contributed by atoms with van der Waals surface area (Å²) in [5, 5.41) is 4.85. The topological polar surface area (TPSA) is 44.5 Å². The highest BCUT2D eigenvalue weighted by Gasteiger charge is 2.29. The number of methoxy groups -OCH3 is 2. The van der Waals surface area contributed by atoms with Gasteiger partial charge < -0.3 is 14.0 Å². The molecule has 30 heavy (non-hydrogen) atoms. The molecule has 0 amide bonds. The van der Waals surface area contributed by atoms with Gasteiger partial charge in [0, 0.05) is 36.8 Å². The molecule has 7 heteroatoms. The van der Waals surface area contributed by atoms with E-state index in [9.17, 15) is 0 Å². The number of ether oxygens (including phenoxy) is 2. The number of aromatic nitrogens is 3. The third-order valence-corrected chi connectivity index (χ3v) is 6.31. The summed E-state index contributed by atoms with van der Waals surface area (Å²) in [6.45, 7) is 3.73. The van der Waals surface area contributed by atoms with Gasteiger partial charge in [0.05, 0.1) is 20.9 Å². The molecule has 4 rings (SSSR count). The lowest BCUT2D eigenvalue weighted by molar-refractivity contribution is 0.187. The number of nitrogens with zero attached hydrogens (tertiary/aromatic N) is 4. The molecule has 1 saturated heterocycles. The van der Waals surface area contributed by atoms with Crippen LogP contribution >= 0.6 is 12.2 Å². The Labute approximate surface area is 182 Å². The second kappa shape index (κ2) is 8.62. The average Bonchev–Trinajstić information content (AvgIpc) is 3.34. The van der Waals surface area contributed by atoms with Gasteiger partial charge in [-0.1, -0.05) is 35.9 Å². The SMILES string of the molecule is COc1ccc([C@H]2CCCN2Cn2nc(-c3ccc(C)cc3)n(C)c2=S)c(OC)c1. The van der Waals surface area contributed by atoms with E-state index in [0.717, 1.165) is 47.0 Å². The fraction of sp³-hybridized carbons (Fsp3) is 0.391. The third kappa shape index (κ3) is 3.87. The van der Waals surface area contributed by atoms with Crippen molar-refractivity contribution < 1.29 is 9.47 Å². The Bertz CT molecular complexity index is 1090. The first-order chi connectivity index (χ1) is 14.5. The molecule has 0 saturated carbocycles. The molecule has 2 aromatic carbocycles. The van der Waals surface area contributed by atoms with Crippen molar-refractivity contribution in [3.8, 4) is 22.9 Å². The van der Waals surface area contributed by atoms with Crippen LogP contribution in [-0.4, -0.2) is 40.0 Å². The van der Waals surface area contributed by atoms with Crippen molar-refractivity contribution >= 4 is 12.2 Å². The summed E-state index contributed by atoms with van der Waals surface area (Å²) in [7, 11) is 5.36. The van der Waals surface area contributed by atoms with E-state index in [-0.39, 0.29) is 6.04 Å². The average molecular weight is 425 g/mol. The lowest BCUT2D eigenvalue weighted by Gasteiger charge is -2.26. The maximum Gasteiger partial charge on any atom is 0.199 e. The summed E-state index contributed by atoms with van der Waals surface area (Å²) in [5.74, 6) is 2.55. The van der Waals surface area contributed by atoms with Crippen LogP contribution in [0.4, 0.5) is 0 Å². The summed E-state index contributed by atoms with van der Waals surface area (Å²) in [6, 6.07) is 14.7. The minimum atomic E-state index is 0.262. The molecule has 0 radical (unpaired) electrons. The van der Waals surface area contributed by atoms with Crippen molar-refractivity contribution in [2.24, 2.45) is 7.05 Å². The highest BCUT2D eigenvalue weighted by Crippen LogP contribution is 2.39. The van der Waals surface area contributed by atoms with Gasteiger partial charge in [-0.3, -0.25) is 4.90 Å². The number of benzene rings is 2. The largest absolute Gasteiger partial charge is 0.497 e. The fourth-order valence-corrected chi connectivity index (χ4v) is 4.33. The molecule has 0 bridgehead atoms. The molecule has 0 unspecified atom stereocenters. The van der Waals surface area contributed by atoms with Gasteiger partial charge in [0.1, 0.15) is 11.5 Å². The molecule has 0 aliphatic carbocycles. The predicted octanol–water partition coefficient (Wildman–Crippen LogP) is 4.74. The zero-order valence-corrected chi connectivity index (χ0v) is 18.8. The van der Waals surface area contributed by atoms with Crippen LogP contribution < -0.4 is 9.47 Å². The maximum absolute atomic E-state index is 5.71. The number of hydrogen-bond donors (Lipinski definition) is 0. The van der Waals surface area contributed by atoms with Crippen molar-refractivity contribution in [1.82, 2.24) is 19.2 Å². The van der Waals surface area contributed by atoms with Gasteiger partial charge in [-0.15, -0.1) is 0 Å². The van der Waals surface area contributed by atoms with Crippen molar-refractivity contribution in [2.45, 2.75) is 32.5 Å². The molecule has 1 atom stereocenters. The molecule has 1 aromatic heterocycles.